The van der Waals surface area contributed by atoms with Gasteiger partial charge in [0, 0.05) is 13.1 Å². The van der Waals surface area contributed by atoms with Crippen LogP contribution in [0.3, 0.4) is 0 Å². The monoisotopic (exact) mass is 284 g/mol. The minimum atomic E-state index is -0.594. The molecule has 2 fully saturated rings. The third kappa shape index (κ3) is 3.08. The molecule has 1 heterocycles. The van der Waals surface area contributed by atoms with E-state index in [0.717, 1.165) is 25.7 Å². The van der Waals surface area contributed by atoms with E-state index in [2.05, 4.69) is 0 Å². The first-order valence-corrected chi connectivity index (χ1v) is 7.68. The Morgan fingerprint density at radius 3 is 2.47 bits per heavy atom. The van der Waals surface area contributed by atoms with Crippen LogP contribution in [0.2, 0.25) is 0 Å². The molecule has 1 unspecified atom stereocenters. The van der Waals surface area contributed by atoms with Gasteiger partial charge < -0.3 is 15.4 Å². The van der Waals surface area contributed by atoms with Crippen molar-refractivity contribution in [3.05, 3.63) is 0 Å². The molecule has 19 heavy (non-hydrogen) atoms. The van der Waals surface area contributed by atoms with Crippen LogP contribution in [-0.2, 0) is 9.53 Å². The maximum Gasteiger partial charge on any atom is 0.235 e. The van der Waals surface area contributed by atoms with Gasteiger partial charge in [0.1, 0.15) is 0 Å². The Morgan fingerprint density at radius 2 is 1.95 bits per heavy atom. The van der Waals surface area contributed by atoms with Gasteiger partial charge in [-0.1, -0.05) is 37.9 Å². The van der Waals surface area contributed by atoms with Crippen molar-refractivity contribution in [3.8, 4) is 0 Å². The molecule has 1 atom stereocenters. The third-order valence-electron chi connectivity index (χ3n) is 4.37. The number of hydrogen-bond acceptors (Lipinski definition) is 3. The molecule has 0 aromatic rings. The van der Waals surface area contributed by atoms with E-state index in [-0.39, 0.29) is 12.0 Å². The number of thiocarbonyl (C=S) groups is 1. The fraction of sp³-hybridized carbons (Fsp3) is 0.857. The zero-order chi connectivity index (χ0) is 13.9. The van der Waals surface area contributed by atoms with E-state index in [1.54, 1.807) is 0 Å². The van der Waals surface area contributed by atoms with Gasteiger partial charge in [-0.2, -0.15) is 0 Å². The number of rotatable bonds is 2. The van der Waals surface area contributed by atoms with Crippen molar-refractivity contribution in [1.29, 1.82) is 0 Å². The van der Waals surface area contributed by atoms with E-state index < -0.39 is 5.41 Å². The Labute approximate surface area is 120 Å². The van der Waals surface area contributed by atoms with Crippen molar-refractivity contribution in [2.75, 3.05) is 19.7 Å². The number of ether oxygens (including phenoxy) is 1. The van der Waals surface area contributed by atoms with Crippen molar-refractivity contribution in [1.82, 2.24) is 4.90 Å². The van der Waals surface area contributed by atoms with Crippen LogP contribution in [-0.4, -0.2) is 41.6 Å². The molecule has 1 aliphatic heterocycles. The normalized spacial score (nSPS) is 27.6. The number of nitrogens with two attached hydrogens (primary N) is 1. The molecule has 5 heteroatoms. The Kier molecular flexibility index (Phi) is 4.79. The number of amides is 1. The molecule has 0 aromatic carbocycles. The van der Waals surface area contributed by atoms with Gasteiger partial charge >= 0.3 is 0 Å². The highest BCUT2D eigenvalue weighted by Crippen LogP contribution is 2.37. The summed E-state index contributed by atoms with van der Waals surface area (Å²) in [5.41, 5.74) is 5.37. The van der Waals surface area contributed by atoms with Crippen LogP contribution in [0.25, 0.3) is 0 Å². The number of morpholine rings is 1. The van der Waals surface area contributed by atoms with Crippen LogP contribution in [0.4, 0.5) is 0 Å². The zero-order valence-electron chi connectivity index (χ0n) is 11.7. The van der Waals surface area contributed by atoms with Crippen molar-refractivity contribution < 1.29 is 9.53 Å². The molecule has 1 amide bonds. The van der Waals surface area contributed by atoms with Gasteiger partial charge in [0.05, 0.1) is 23.1 Å². The van der Waals surface area contributed by atoms with Gasteiger partial charge in [0.15, 0.2) is 0 Å². The van der Waals surface area contributed by atoms with Crippen LogP contribution in [0.15, 0.2) is 0 Å². The topological polar surface area (TPSA) is 55.6 Å². The van der Waals surface area contributed by atoms with E-state index in [4.69, 9.17) is 22.7 Å². The predicted molar refractivity (Wildman–Crippen MR) is 78.9 cm³/mol. The molecule has 1 saturated carbocycles. The Morgan fingerprint density at radius 1 is 1.32 bits per heavy atom. The van der Waals surface area contributed by atoms with Crippen LogP contribution >= 0.6 is 12.2 Å². The lowest BCUT2D eigenvalue weighted by Crippen LogP contribution is -2.54. The molecule has 108 valence electrons. The summed E-state index contributed by atoms with van der Waals surface area (Å²) in [7, 11) is 0. The smallest absolute Gasteiger partial charge is 0.235 e. The highest BCUT2D eigenvalue weighted by molar-refractivity contribution is 7.80. The Balaban J connectivity index is 2.17. The number of carbonyl (C=O) groups is 1. The SMILES string of the molecule is CC1CN(C(=O)C2(C(N)=S)CCCCCC2)CCO1. The molecule has 2 aliphatic rings. The quantitative estimate of drug-likeness (QED) is 0.621. The summed E-state index contributed by atoms with van der Waals surface area (Å²) in [6.07, 6.45) is 6.17. The van der Waals surface area contributed by atoms with Crippen LogP contribution in [0.1, 0.15) is 45.4 Å². The van der Waals surface area contributed by atoms with Gasteiger partial charge in [-0.3, -0.25) is 4.79 Å². The molecule has 0 bridgehead atoms. The first-order valence-electron chi connectivity index (χ1n) is 7.27. The number of carbonyl (C=O) groups excluding carboxylic acids is 1. The lowest BCUT2D eigenvalue weighted by Gasteiger charge is -2.39. The molecule has 2 rings (SSSR count). The minimum absolute atomic E-state index is 0.104. The number of nitrogens with zero attached hydrogens (tertiary/aromatic N) is 1. The molecule has 1 saturated heterocycles. The zero-order valence-corrected chi connectivity index (χ0v) is 12.5. The lowest BCUT2D eigenvalue weighted by atomic mass is 9.78. The fourth-order valence-corrected chi connectivity index (χ4v) is 3.49. The van der Waals surface area contributed by atoms with E-state index in [0.29, 0.717) is 24.7 Å². The molecule has 2 N–H and O–H groups in total. The van der Waals surface area contributed by atoms with Gasteiger partial charge in [-0.25, -0.2) is 0 Å². The first-order chi connectivity index (χ1) is 9.06. The standard InChI is InChI=1S/C14H24N2O2S/c1-11-10-16(8-9-18-11)13(17)14(12(15)19)6-4-2-3-5-7-14/h11H,2-10H2,1H3,(H2,15,19). The molecule has 1 aliphatic carbocycles. The second-order valence-electron chi connectivity index (χ2n) is 5.79. The summed E-state index contributed by atoms with van der Waals surface area (Å²) in [6.45, 7) is 3.93. The van der Waals surface area contributed by atoms with E-state index >= 15 is 0 Å². The summed E-state index contributed by atoms with van der Waals surface area (Å²) in [4.78, 5) is 15.2. The summed E-state index contributed by atoms with van der Waals surface area (Å²) >= 11 is 5.26. The van der Waals surface area contributed by atoms with E-state index in [1.165, 1.54) is 12.8 Å². The summed E-state index contributed by atoms with van der Waals surface area (Å²) < 4.78 is 5.51. The van der Waals surface area contributed by atoms with Crippen LogP contribution in [0.5, 0.6) is 0 Å². The third-order valence-corrected chi connectivity index (χ3v) is 4.76. The summed E-state index contributed by atoms with van der Waals surface area (Å²) in [6, 6.07) is 0. The van der Waals surface area contributed by atoms with E-state index in [1.807, 2.05) is 11.8 Å². The first kappa shape index (κ1) is 14.7. The Hall–Kier alpha value is -0.680. The maximum absolute atomic E-state index is 12.9. The lowest BCUT2D eigenvalue weighted by molar-refractivity contribution is -0.146. The second-order valence-corrected chi connectivity index (χ2v) is 6.23. The van der Waals surface area contributed by atoms with Gasteiger partial charge in [0.2, 0.25) is 5.91 Å². The van der Waals surface area contributed by atoms with Crippen molar-refractivity contribution in [2.24, 2.45) is 11.1 Å². The average molecular weight is 284 g/mol. The average Bonchev–Trinajstić information content (AvgIpc) is 2.64. The molecular formula is C14H24N2O2S. The molecule has 4 nitrogen and oxygen atoms in total. The van der Waals surface area contributed by atoms with Crippen molar-refractivity contribution >= 4 is 23.1 Å². The summed E-state index contributed by atoms with van der Waals surface area (Å²) in [5, 5.41) is 0. The summed E-state index contributed by atoms with van der Waals surface area (Å²) in [5.74, 6) is 0.136. The Bertz CT molecular complexity index is 351. The predicted octanol–water partition coefficient (Wildman–Crippen LogP) is 1.86. The number of hydrogen-bond donors (Lipinski definition) is 1. The largest absolute Gasteiger partial charge is 0.392 e. The van der Waals surface area contributed by atoms with Gasteiger partial charge in [-0.05, 0) is 19.8 Å². The van der Waals surface area contributed by atoms with Gasteiger partial charge in [0.25, 0.3) is 0 Å². The molecule has 0 spiro atoms. The fourth-order valence-electron chi connectivity index (χ4n) is 3.20. The highest BCUT2D eigenvalue weighted by atomic mass is 32.1. The van der Waals surface area contributed by atoms with Crippen LogP contribution in [0, 0.1) is 5.41 Å². The van der Waals surface area contributed by atoms with Crippen LogP contribution < -0.4 is 5.73 Å². The maximum atomic E-state index is 12.9. The minimum Gasteiger partial charge on any atom is -0.392 e. The molecular weight excluding hydrogens is 260 g/mol. The molecule has 0 radical (unpaired) electrons. The van der Waals surface area contributed by atoms with Crippen molar-refractivity contribution in [2.45, 2.75) is 51.6 Å². The van der Waals surface area contributed by atoms with Crippen molar-refractivity contribution in [3.63, 3.8) is 0 Å². The highest BCUT2D eigenvalue weighted by Gasteiger charge is 2.44. The van der Waals surface area contributed by atoms with Gasteiger partial charge in [-0.15, -0.1) is 0 Å². The molecule has 0 aromatic heterocycles. The van der Waals surface area contributed by atoms with E-state index in [9.17, 15) is 4.79 Å². The second kappa shape index (κ2) is 6.18.